The lowest BCUT2D eigenvalue weighted by atomic mass is 9.94. The number of hydrogen-bond acceptors (Lipinski definition) is 6. The van der Waals surface area contributed by atoms with Crippen molar-refractivity contribution in [3.63, 3.8) is 0 Å². The van der Waals surface area contributed by atoms with E-state index >= 15 is 0 Å². The van der Waals surface area contributed by atoms with E-state index in [9.17, 15) is 14.7 Å². The quantitative estimate of drug-likeness (QED) is 0.292. The predicted octanol–water partition coefficient (Wildman–Crippen LogP) is 4.43. The van der Waals surface area contributed by atoms with E-state index in [0.717, 1.165) is 51.3 Å². The minimum atomic E-state index is -0.645. The predicted molar refractivity (Wildman–Crippen MR) is 143 cm³/mol. The lowest BCUT2D eigenvalue weighted by Gasteiger charge is -2.29. The van der Waals surface area contributed by atoms with Crippen LogP contribution in [0, 0.1) is 5.92 Å². The highest BCUT2D eigenvalue weighted by atomic mass is 16.5. The number of morpholine rings is 1. The highest BCUT2D eigenvalue weighted by molar-refractivity contribution is 6.46. The number of ether oxygens (including phenoxy) is 2. The van der Waals surface area contributed by atoms with Gasteiger partial charge in [-0.05, 0) is 54.2 Å². The average molecular weight is 507 g/mol. The molecule has 2 saturated heterocycles. The molecule has 2 aromatic rings. The van der Waals surface area contributed by atoms with Crippen LogP contribution in [-0.2, 0) is 20.7 Å². The van der Waals surface area contributed by atoms with Gasteiger partial charge in [-0.1, -0.05) is 45.0 Å². The zero-order valence-corrected chi connectivity index (χ0v) is 22.1. The van der Waals surface area contributed by atoms with Gasteiger partial charge in [-0.25, -0.2) is 0 Å². The van der Waals surface area contributed by atoms with Crippen LogP contribution in [0.3, 0.4) is 0 Å². The van der Waals surface area contributed by atoms with Crippen LogP contribution in [0.2, 0.25) is 0 Å². The number of amides is 1. The Kier molecular flexibility index (Phi) is 9.00. The molecule has 1 N–H and O–H groups in total. The molecule has 2 heterocycles. The minimum absolute atomic E-state index is 0.136. The first kappa shape index (κ1) is 26.9. The van der Waals surface area contributed by atoms with E-state index in [1.807, 2.05) is 24.3 Å². The molecular weight excluding hydrogens is 468 g/mol. The standard InChI is InChI=1S/C30H38N2O5/c1-4-22-6-8-23(9-7-22)27-26(28(33)24-10-12-25(13-11-24)37-20-21(2)3)29(34)30(35)32(27)15-5-14-31-16-18-36-19-17-31/h6-13,21,27,33H,4-5,14-20H2,1-3H3/b28-26+/t27-/m1/s1. The zero-order valence-electron chi connectivity index (χ0n) is 22.1. The Morgan fingerprint density at radius 2 is 1.70 bits per heavy atom. The van der Waals surface area contributed by atoms with Crippen LogP contribution >= 0.6 is 0 Å². The molecule has 0 aromatic heterocycles. The summed E-state index contributed by atoms with van der Waals surface area (Å²) in [5, 5.41) is 11.3. The third-order valence-corrected chi connectivity index (χ3v) is 6.93. The molecule has 2 aliphatic rings. The van der Waals surface area contributed by atoms with Gasteiger partial charge in [0.1, 0.15) is 11.5 Å². The Morgan fingerprint density at radius 1 is 1.03 bits per heavy atom. The van der Waals surface area contributed by atoms with Crippen LogP contribution in [0.5, 0.6) is 5.75 Å². The van der Waals surface area contributed by atoms with E-state index < -0.39 is 17.7 Å². The molecular formula is C30H38N2O5. The number of hydrogen-bond donors (Lipinski definition) is 1. The third kappa shape index (κ3) is 6.40. The molecule has 0 bridgehead atoms. The first-order valence-electron chi connectivity index (χ1n) is 13.3. The molecule has 0 aliphatic carbocycles. The Balaban J connectivity index is 1.62. The smallest absolute Gasteiger partial charge is 0.295 e. The molecule has 4 rings (SSSR count). The van der Waals surface area contributed by atoms with Crippen LogP contribution in [-0.4, -0.2) is 72.6 Å². The maximum absolute atomic E-state index is 13.3. The molecule has 0 radical (unpaired) electrons. The summed E-state index contributed by atoms with van der Waals surface area (Å²) in [6, 6.07) is 14.3. The molecule has 1 atom stereocenters. The number of aliphatic hydroxyl groups is 1. The first-order chi connectivity index (χ1) is 17.9. The van der Waals surface area contributed by atoms with E-state index in [1.165, 1.54) is 5.56 Å². The van der Waals surface area contributed by atoms with Crippen LogP contribution in [0.15, 0.2) is 54.1 Å². The second kappa shape index (κ2) is 12.4. The van der Waals surface area contributed by atoms with Crippen LogP contribution in [0.1, 0.15) is 49.9 Å². The third-order valence-electron chi connectivity index (χ3n) is 6.93. The van der Waals surface area contributed by atoms with Crippen molar-refractivity contribution in [1.82, 2.24) is 9.80 Å². The van der Waals surface area contributed by atoms with Gasteiger partial charge in [0.25, 0.3) is 11.7 Å². The highest BCUT2D eigenvalue weighted by Gasteiger charge is 2.45. The fraction of sp³-hybridized carbons (Fsp3) is 0.467. The second-order valence-corrected chi connectivity index (χ2v) is 10.1. The number of Topliss-reactive ketones (excluding diaryl/α,β-unsaturated/α-hetero) is 1. The molecule has 37 heavy (non-hydrogen) atoms. The number of rotatable bonds is 10. The van der Waals surface area contributed by atoms with Gasteiger partial charge in [0.15, 0.2) is 0 Å². The number of ketones is 1. The molecule has 0 spiro atoms. The highest BCUT2D eigenvalue weighted by Crippen LogP contribution is 2.39. The molecule has 2 aliphatic heterocycles. The summed E-state index contributed by atoms with van der Waals surface area (Å²) in [6.45, 7) is 11.3. The van der Waals surface area contributed by atoms with Crippen molar-refractivity contribution < 1.29 is 24.2 Å². The van der Waals surface area contributed by atoms with Crippen molar-refractivity contribution in [1.29, 1.82) is 0 Å². The van der Waals surface area contributed by atoms with Crippen LogP contribution in [0.4, 0.5) is 0 Å². The van der Waals surface area contributed by atoms with Crippen LogP contribution < -0.4 is 4.74 Å². The summed E-state index contributed by atoms with van der Waals surface area (Å²) in [5.41, 5.74) is 2.61. The number of carbonyl (C=O) groups excluding carboxylic acids is 2. The maximum Gasteiger partial charge on any atom is 0.295 e. The Morgan fingerprint density at radius 3 is 2.32 bits per heavy atom. The van der Waals surface area contributed by atoms with Crippen molar-refractivity contribution in [2.45, 2.75) is 39.7 Å². The number of aliphatic hydroxyl groups excluding tert-OH is 1. The fourth-order valence-corrected chi connectivity index (χ4v) is 4.81. The number of benzene rings is 2. The lowest BCUT2D eigenvalue weighted by Crippen LogP contribution is -2.38. The number of carbonyl (C=O) groups is 2. The summed E-state index contributed by atoms with van der Waals surface area (Å²) < 4.78 is 11.2. The SMILES string of the molecule is CCc1ccc([C@@H]2/C(=C(\O)c3ccc(OCC(C)C)cc3)C(=O)C(=O)N2CCCN2CCOCC2)cc1. The lowest BCUT2D eigenvalue weighted by molar-refractivity contribution is -0.140. The van der Waals surface area contributed by atoms with Gasteiger partial charge in [-0.3, -0.25) is 14.5 Å². The Bertz CT molecular complexity index is 1100. The molecule has 0 unspecified atom stereocenters. The first-order valence-corrected chi connectivity index (χ1v) is 13.3. The van der Waals surface area contributed by atoms with E-state index in [4.69, 9.17) is 9.47 Å². The largest absolute Gasteiger partial charge is 0.507 e. The molecule has 198 valence electrons. The summed E-state index contributed by atoms with van der Waals surface area (Å²) in [4.78, 5) is 30.4. The summed E-state index contributed by atoms with van der Waals surface area (Å²) in [7, 11) is 0. The molecule has 0 saturated carbocycles. The molecule has 1 amide bonds. The molecule has 7 nitrogen and oxygen atoms in total. The van der Waals surface area contributed by atoms with Gasteiger partial charge in [-0.15, -0.1) is 0 Å². The Hall–Kier alpha value is -3.16. The monoisotopic (exact) mass is 506 g/mol. The van der Waals surface area contributed by atoms with Gasteiger partial charge in [-0.2, -0.15) is 0 Å². The summed E-state index contributed by atoms with van der Waals surface area (Å²) in [5.74, 6) is -0.278. The number of likely N-dealkylation sites (tertiary alicyclic amines) is 1. The second-order valence-electron chi connectivity index (χ2n) is 10.1. The Labute approximate surface area is 219 Å². The van der Waals surface area contributed by atoms with Gasteiger partial charge in [0.05, 0.1) is 31.4 Å². The average Bonchev–Trinajstić information content (AvgIpc) is 3.17. The van der Waals surface area contributed by atoms with Crippen molar-refractivity contribution in [2.24, 2.45) is 5.92 Å². The van der Waals surface area contributed by atoms with E-state index in [-0.39, 0.29) is 11.3 Å². The van der Waals surface area contributed by atoms with E-state index in [2.05, 4.69) is 25.7 Å². The number of nitrogens with zero attached hydrogens (tertiary/aromatic N) is 2. The van der Waals surface area contributed by atoms with Crippen molar-refractivity contribution in [3.8, 4) is 5.75 Å². The van der Waals surface area contributed by atoms with E-state index in [1.54, 1.807) is 29.2 Å². The summed E-state index contributed by atoms with van der Waals surface area (Å²) >= 11 is 0. The normalized spacial score (nSPS) is 20.1. The van der Waals surface area contributed by atoms with Gasteiger partial charge in [0, 0.05) is 31.7 Å². The molecule has 2 aromatic carbocycles. The van der Waals surface area contributed by atoms with Crippen LogP contribution in [0.25, 0.3) is 5.76 Å². The minimum Gasteiger partial charge on any atom is -0.507 e. The zero-order chi connectivity index (χ0) is 26.4. The molecule has 7 heteroatoms. The van der Waals surface area contributed by atoms with Crippen molar-refractivity contribution in [2.75, 3.05) is 46.0 Å². The van der Waals surface area contributed by atoms with Crippen molar-refractivity contribution in [3.05, 3.63) is 70.8 Å². The topological polar surface area (TPSA) is 79.3 Å². The van der Waals surface area contributed by atoms with Crippen molar-refractivity contribution >= 4 is 17.4 Å². The number of aryl methyl sites for hydroxylation is 1. The van der Waals surface area contributed by atoms with Gasteiger partial charge >= 0.3 is 0 Å². The van der Waals surface area contributed by atoms with E-state index in [0.29, 0.717) is 30.4 Å². The fourth-order valence-electron chi connectivity index (χ4n) is 4.81. The van der Waals surface area contributed by atoms with Gasteiger partial charge in [0.2, 0.25) is 0 Å². The maximum atomic E-state index is 13.3. The molecule has 2 fully saturated rings. The summed E-state index contributed by atoms with van der Waals surface area (Å²) in [6.07, 6.45) is 1.63. The van der Waals surface area contributed by atoms with Gasteiger partial charge < -0.3 is 19.5 Å².